The van der Waals surface area contributed by atoms with Gasteiger partial charge in [-0.3, -0.25) is 9.59 Å². The third kappa shape index (κ3) is 3.83. The first-order valence-electron chi connectivity index (χ1n) is 5.87. The van der Waals surface area contributed by atoms with Gasteiger partial charge in [-0.15, -0.1) is 0 Å². The van der Waals surface area contributed by atoms with Crippen molar-refractivity contribution in [2.45, 2.75) is 47.0 Å². The lowest BCUT2D eigenvalue weighted by atomic mass is 9.88. The molecule has 94 valence electrons. The van der Waals surface area contributed by atoms with E-state index in [1.807, 2.05) is 13.8 Å². The fraction of sp³-hybridized carbons (Fsp3) is 0.833. The van der Waals surface area contributed by atoms with E-state index < -0.39 is 17.4 Å². The molecule has 0 fully saturated rings. The van der Waals surface area contributed by atoms with Crippen LogP contribution >= 0.6 is 0 Å². The molecule has 16 heavy (non-hydrogen) atoms. The second-order valence-corrected chi connectivity index (χ2v) is 3.96. The highest BCUT2D eigenvalue weighted by Gasteiger charge is 2.42. The molecule has 0 radical (unpaired) electrons. The molecule has 0 aromatic heterocycles. The molecule has 0 aliphatic rings. The van der Waals surface area contributed by atoms with Gasteiger partial charge in [0, 0.05) is 0 Å². The molecule has 0 aromatic carbocycles. The molecular formula is C12H22O4. The van der Waals surface area contributed by atoms with Crippen molar-refractivity contribution in [3.8, 4) is 0 Å². The molecule has 0 heterocycles. The highest BCUT2D eigenvalue weighted by molar-refractivity contribution is 5.99. The summed E-state index contributed by atoms with van der Waals surface area (Å²) in [7, 11) is 0. The summed E-state index contributed by atoms with van der Waals surface area (Å²) in [6, 6.07) is 0. The smallest absolute Gasteiger partial charge is 0.323 e. The number of hydrogen-bond acceptors (Lipinski definition) is 4. The fourth-order valence-corrected chi connectivity index (χ4v) is 1.08. The van der Waals surface area contributed by atoms with Crippen molar-refractivity contribution in [1.82, 2.24) is 0 Å². The van der Waals surface area contributed by atoms with Gasteiger partial charge in [0.2, 0.25) is 0 Å². The van der Waals surface area contributed by atoms with E-state index in [0.29, 0.717) is 19.6 Å². The van der Waals surface area contributed by atoms with Gasteiger partial charge in [-0.05, 0) is 26.2 Å². The first-order chi connectivity index (χ1) is 7.52. The van der Waals surface area contributed by atoms with Gasteiger partial charge in [-0.1, -0.05) is 20.8 Å². The SMILES string of the molecule is CCCOC(=O)C(C)(CC)C(=O)OCCC. The monoisotopic (exact) mass is 230 g/mol. The zero-order valence-corrected chi connectivity index (χ0v) is 10.7. The fourth-order valence-electron chi connectivity index (χ4n) is 1.08. The molecule has 0 aliphatic carbocycles. The number of hydrogen-bond donors (Lipinski definition) is 0. The van der Waals surface area contributed by atoms with Crippen LogP contribution in [0, 0.1) is 5.41 Å². The molecule has 0 spiro atoms. The van der Waals surface area contributed by atoms with Crippen LogP contribution in [0.25, 0.3) is 0 Å². The van der Waals surface area contributed by atoms with Crippen molar-refractivity contribution in [1.29, 1.82) is 0 Å². The van der Waals surface area contributed by atoms with Crippen molar-refractivity contribution in [2.24, 2.45) is 5.41 Å². The Labute approximate surface area is 97.3 Å². The lowest BCUT2D eigenvalue weighted by Gasteiger charge is -2.23. The molecule has 0 aliphatic heterocycles. The van der Waals surface area contributed by atoms with E-state index >= 15 is 0 Å². The first-order valence-corrected chi connectivity index (χ1v) is 5.87. The Morgan fingerprint density at radius 1 is 0.938 bits per heavy atom. The van der Waals surface area contributed by atoms with Gasteiger partial charge in [0.05, 0.1) is 13.2 Å². The summed E-state index contributed by atoms with van der Waals surface area (Å²) in [4.78, 5) is 23.5. The number of rotatable bonds is 7. The van der Waals surface area contributed by atoms with Crippen LogP contribution in [0.4, 0.5) is 0 Å². The Balaban J connectivity index is 4.49. The van der Waals surface area contributed by atoms with E-state index in [1.165, 1.54) is 0 Å². The number of ether oxygens (including phenoxy) is 2. The summed E-state index contributed by atoms with van der Waals surface area (Å²) in [5.41, 5.74) is -1.16. The minimum atomic E-state index is -1.16. The average molecular weight is 230 g/mol. The Morgan fingerprint density at radius 2 is 1.31 bits per heavy atom. The summed E-state index contributed by atoms with van der Waals surface area (Å²) in [6.45, 7) is 7.85. The number of carbonyl (C=O) groups is 2. The van der Waals surface area contributed by atoms with Gasteiger partial charge < -0.3 is 9.47 Å². The van der Waals surface area contributed by atoms with Crippen molar-refractivity contribution in [3.05, 3.63) is 0 Å². The van der Waals surface area contributed by atoms with Crippen LogP contribution < -0.4 is 0 Å². The largest absolute Gasteiger partial charge is 0.465 e. The Kier molecular flexibility index (Phi) is 6.77. The predicted molar refractivity (Wildman–Crippen MR) is 60.9 cm³/mol. The quantitative estimate of drug-likeness (QED) is 0.497. The van der Waals surface area contributed by atoms with Crippen LogP contribution in [0.5, 0.6) is 0 Å². The normalized spacial score (nSPS) is 11.0. The van der Waals surface area contributed by atoms with Crippen LogP contribution in [0.2, 0.25) is 0 Å². The first kappa shape index (κ1) is 14.9. The number of carbonyl (C=O) groups excluding carboxylic acids is 2. The summed E-state index contributed by atoms with van der Waals surface area (Å²) < 4.78 is 10.0. The summed E-state index contributed by atoms with van der Waals surface area (Å²) in [5.74, 6) is -0.976. The Bertz CT molecular complexity index is 215. The van der Waals surface area contributed by atoms with E-state index in [9.17, 15) is 9.59 Å². The van der Waals surface area contributed by atoms with Gasteiger partial charge in [-0.2, -0.15) is 0 Å². The van der Waals surface area contributed by atoms with Gasteiger partial charge >= 0.3 is 11.9 Å². The van der Waals surface area contributed by atoms with Gasteiger partial charge in [0.1, 0.15) is 0 Å². The van der Waals surface area contributed by atoms with Crippen LogP contribution in [0.1, 0.15) is 47.0 Å². The molecule has 0 saturated carbocycles. The third-order valence-electron chi connectivity index (χ3n) is 2.48. The second-order valence-electron chi connectivity index (χ2n) is 3.96. The van der Waals surface area contributed by atoms with Crippen LogP contribution in [0.3, 0.4) is 0 Å². The van der Waals surface area contributed by atoms with Gasteiger partial charge in [-0.25, -0.2) is 0 Å². The standard InChI is InChI=1S/C12H22O4/c1-5-8-15-10(13)12(4,7-3)11(14)16-9-6-2/h5-9H2,1-4H3. The van der Waals surface area contributed by atoms with Crippen molar-refractivity contribution in [3.63, 3.8) is 0 Å². The molecule has 0 N–H and O–H groups in total. The number of esters is 2. The molecule has 4 nitrogen and oxygen atoms in total. The van der Waals surface area contributed by atoms with E-state index in [1.54, 1.807) is 13.8 Å². The Hall–Kier alpha value is -1.06. The molecule has 0 unspecified atom stereocenters. The van der Waals surface area contributed by atoms with E-state index in [2.05, 4.69) is 0 Å². The highest BCUT2D eigenvalue weighted by atomic mass is 16.6. The molecule has 0 aromatic rings. The lowest BCUT2D eigenvalue weighted by molar-refractivity contribution is -0.171. The molecule has 0 rings (SSSR count). The van der Waals surface area contributed by atoms with Crippen molar-refractivity contribution >= 4 is 11.9 Å². The van der Waals surface area contributed by atoms with Crippen LogP contribution in [0.15, 0.2) is 0 Å². The van der Waals surface area contributed by atoms with Crippen LogP contribution in [-0.2, 0) is 19.1 Å². The van der Waals surface area contributed by atoms with Crippen molar-refractivity contribution < 1.29 is 19.1 Å². The zero-order chi connectivity index (χ0) is 12.6. The van der Waals surface area contributed by atoms with Crippen molar-refractivity contribution in [2.75, 3.05) is 13.2 Å². The van der Waals surface area contributed by atoms with Gasteiger partial charge in [0.15, 0.2) is 5.41 Å². The second kappa shape index (κ2) is 7.25. The maximum Gasteiger partial charge on any atom is 0.323 e. The molecule has 0 atom stereocenters. The van der Waals surface area contributed by atoms with E-state index in [4.69, 9.17) is 9.47 Å². The minimum absolute atomic E-state index is 0.343. The zero-order valence-electron chi connectivity index (χ0n) is 10.7. The van der Waals surface area contributed by atoms with Crippen LogP contribution in [-0.4, -0.2) is 25.2 Å². The molecule has 0 saturated heterocycles. The molecule has 0 bridgehead atoms. The maximum absolute atomic E-state index is 11.7. The molecule has 4 heteroatoms. The Morgan fingerprint density at radius 3 is 1.56 bits per heavy atom. The summed E-state index contributed by atoms with van der Waals surface area (Å²) in [5, 5.41) is 0. The van der Waals surface area contributed by atoms with Gasteiger partial charge in [0.25, 0.3) is 0 Å². The molecule has 0 amide bonds. The lowest BCUT2D eigenvalue weighted by Crippen LogP contribution is -2.39. The predicted octanol–water partition coefficient (Wildman–Crippen LogP) is 2.31. The van der Waals surface area contributed by atoms with E-state index in [0.717, 1.165) is 12.8 Å². The summed E-state index contributed by atoms with van der Waals surface area (Å²) >= 11 is 0. The maximum atomic E-state index is 11.7. The highest BCUT2D eigenvalue weighted by Crippen LogP contribution is 2.25. The third-order valence-corrected chi connectivity index (χ3v) is 2.48. The van der Waals surface area contributed by atoms with E-state index in [-0.39, 0.29) is 0 Å². The molecular weight excluding hydrogens is 208 g/mol. The average Bonchev–Trinajstić information content (AvgIpc) is 2.31. The minimum Gasteiger partial charge on any atom is -0.465 e. The topological polar surface area (TPSA) is 52.6 Å². The summed E-state index contributed by atoms with van der Waals surface area (Å²) in [6.07, 6.45) is 1.88.